The molecule has 0 aromatic heterocycles. The zero-order chi connectivity index (χ0) is 19.3. The van der Waals surface area contributed by atoms with Gasteiger partial charge in [-0.25, -0.2) is 0 Å². The highest BCUT2D eigenvalue weighted by Gasteiger charge is 2.58. The molecule has 3 fully saturated rings. The summed E-state index contributed by atoms with van der Waals surface area (Å²) in [4.78, 5) is 15.8. The molecule has 1 saturated heterocycles. The Hall–Kier alpha value is -1.35. The molecule has 3 heteroatoms. The molecule has 0 unspecified atom stereocenters. The number of rotatable bonds is 5. The van der Waals surface area contributed by atoms with E-state index in [0.29, 0.717) is 23.7 Å². The van der Waals surface area contributed by atoms with Crippen LogP contribution < -0.4 is 4.74 Å². The first-order valence-corrected chi connectivity index (χ1v) is 11.6. The summed E-state index contributed by atoms with van der Waals surface area (Å²) in [5.74, 6) is 3.56. The van der Waals surface area contributed by atoms with Crippen LogP contribution in [0.25, 0.3) is 0 Å². The Morgan fingerprint density at radius 3 is 2.82 bits per heavy atom. The molecule has 2 saturated carbocycles. The van der Waals surface area contributed by atoms with Gasteiger partial charge >= 0.3 is 0 Å². The zero-order valence-electron chi connectivity index (χ0n) is 17.6. The number of hydrogen-bond acceptors (Lipinski definition) is 3. The monoisotopic (exact) mass is 381 g/mol. The van der Waals surface area contributed by atoms with Crippen molar-refractivity contribution in [3.8, 4) is 5.75 Å². The van der Waals surface area contributed by atoms with Crippen molar-refractivity contribution in [2.45, 2.75) is 76.2 Å². The van der Waals surface area contributed by atoms with Crippen molar-refractivity contribution in [3.05, 3.63) is 29.3 Å². The summed E-state index contributed by atoms with van der Waals surface area (Å²) >= 11 is 0. The second-order valence-electron chi connectivity index (χ2n) is 9.99. The number of carbonyl (C=O) groups is 1. The Bertz CT molecular complexity index is 755. The SMILES string of the molecule is CCC[C@H]1CC(=O)C[C@]23CCN(CC4CCC4)[C@H](Cc4ccc(OC)cc42)[C@H]13. The lowest BCUT2D eigenvalue weighted by molar-refractivity contribution is -0.132. The van der Waals surface area contributed by atoms with Gasteiger partial charge in [0.1, 0.15) is 11.5 Å². The van der Waals surface area contributed by atoms with E-state index in [4.69, 9.17) is 4.74 Å². The number of piperidine rings is 1. The second kappa shape index (κ2) is 7.16. The highest BCUT2D eigenvalue weighted by Crippen LogP contribution is 2.58. The van der Waals surface area contributed by atoms with Crippen LogP contribution >= 0.6 is 0 Å². The highest BCUT2D eigenvalue weighted by atomic mass is 16.5. The number of carbonyl (C=O) groups excluding carboxylic acids is 1. The van der Waals surface area contributed by atoms with E-state index >= 15 is 0 Å². The Kier molecular flexibility index (Phi) is 4.77. The van der Waals surface area contributed by atoms with E-state index in [2.05, 4.69) is 30.0 Å². The van der Waals surface area contributed by atoms with Crippen molar-refractivity contribution in [1.82, 2.24) is 4.90 Å². The number of fused-ring (bicyclic) bond motifs is 1. The predicted molar refractivity (Wildman–Crippen MR) is 112 cm³/mol. The molecule has 4 atom stereocenters. The van der Waals surface area contributed by atoms with Crippen molar-refractivity contribution in [1.29, 1.82) is 0 Å². The number of nitrogens with zero attached hydrogens (tertiary/aromatic N) is 1. The van der Waals surface area contributed by atoms with Crippen LogP contribution in [0.4, 0.5) is 0 Å². The molecule has 3 aliphatic carbocycles. The van der Waals surface area contributed by atoms with E-state index in [1.165, 1.54) is 56.3 Å². The Morgan fingerprint density at radius 2 is 2.11 bits per heavy atom. The third-order valence-electron chi connectivity index (χ3n) is 8.54. The predicted octanol–water partition coefficient (Wildman–Crippen LogP) is 4.76. The summed E-state index contributed by atoms with van der Waals surface area (Å²) in [6, 6.07) is 7.32. The minimum absolute atomic E-state index is 0.0536. The smallest absolute Gasteiger partial charge is 0.134 e. The van der Waals surface area contributed by atoms with Crippen LogP contribution in [0.2, 0.25) is 0 Å². The number of ether oxygens (including phenoxy) is 1. The Morgan fingerprint density at radius 1 is 1.25 bits per heavy atom. The van der Waals surface area contributed by atoms with Crippen LogP contribution in [0, 0.1) is 17.8 Å². The zero-order valence-corrected chi connectivity index (χ0v) is 17.6. The maximum atomic E-state index is 12.9. The lowest BCUT2D eigenvalue weighted by atomic mass is 9.48. The molecule has 0 amide bonds. The highest BCUT2D eigenvalue weighted by molar-refractivity contribution is 5.82. The Labute approximate surface area is 169 Å². The molecule has 0 radical (unpaired) electrons. The van der Waals surface area contributed by atoms with Gasteiger partial charge in [-0.2, -0.15) is 0 Å². The van der Waals surface area contributed by atoms with Gasteiger partial charge in [0.05, 0.1) is 7.11 Å². The number of methoxy groups -OCH3 is 1. The van der Waals surface area contributed by atoms with Crippen LogP contribution in [0.1, 0.15) is 69.4 Å². The van der Waals surface area contributed by atoms with E-state index in [-0.39, 0.29) is 5.41 Å². The fraction of sp³-hybridized carbons (Fsp3) is 0.720. The molecule has 4 aliphatic rings. The lowest BCUT2D eigenvalue weighted by Gasteiger charge is -2.61. The molecular weight excluding hydrogens is 346 g/mol. The molecule has 0 N–H and O–H groups in total. The lowest BCUT2D eigenvalue weighted by Crippen LogP contribution is -2.65. The number of Topliss-reactive ketones (excluding diaryl/α,β-unsaturated/α-hetero) is 1. The van der Waals surface area contributed by atoms with Crippen LogP contribution in [0.3, 0.4) is 0 Å². The molecule has 1 aliphatic heterocycles. The van der Waals surface area contributed by atoms with Crippen LogP contribution in [0.15, 0.2) is 18.2 Å². The summed E-state index contributed by atoms with van der Waals surface area (Å²) in [6.45, 7) is 4.74. The maximum Gasteiger partial charge on any atom is 0.134 e. The number of hydrogen-bond donors (Lipinski definition) is 0. The van der Waals surface area contributed by atoms with Crippen LogP contribution in [-0.2, 0) is 16.6 Å². The summed E-state index contributed by atoms with van der Waals surface area (Å²) in [7, 11) is 1.76. The fourth-order valence-corrected chi connectivity index (χ4v) is 7.19. The molecule has 0 spiro atoms. The van der Waals surface area contributed by atoms with Gasteiger partial charge in [0.25, 0.3) is 0 Å². The van der Waals surface area contributed by atoms with E-state index in [1.807, 2.05) is 0 Å². The average molecular weight is 382 g/mol. The molecule has 5 rings (SSSR count). The summed E-state index contributed by atoms with van der Waals surface area (Å²) in [5.41, 5.74) is 2.98. The Balaban J connectivity index is 1.58. The third-order valence-corrected chi connectivity index (χ3v) is 8.54. The fourth-order valence-electron chi connectivity index (χ4n) is 7.19. The number of ketones is 1. The number of benzene rings is 1. The van der Waals surface area contributed by atoms with Crippen molar-refractivity contribution < 1.29 is 9.53 Å². The van der Waals surface area contributed by atoms with E-state index in [1.54, 1.807) is 7.11 Å². The van der Waals surface area contributed by atoms with E-state index in [9.17, 15) is 4.79 Å². The van der Waals surface area contributed by atoms with Crippen LogP contribution in [-0.4, -0.2) is 36.9 Å². The topological polar surface area (TPSA) is 29.5 Å². The normalized spacial score (nSPS) is 35.1. The quantitative estimate of drug-likeness (QED) is 0.736. The van der Waals surface area contributed by atoms with Gasteiger partial charge in [-0.15, -0.1) is 0 Å². The van der Waals surface area contributed by atoms with Crippen LogP contribution in [0.5, 0.6) is 5.75 Å². The van der Waals surface area contributed by atoms with Crippen molar-refractivity contribution in [3.63, 3.8) is 0 Å². The largest absolute Gasteiger partial charge is 0.497 e. The first-order valence-electron chi connectivity index (χ1n) is 11.6. The van der Waals surface area contributed by atoms with Crippen molar-refractivity contribution in [2.24, 2.45) is 17.8 Å². The molecule has 2 bridgehead atoms. The first kappa shape index (κ1) is 18.7. The van der Waals surface area contributed by atoms with Gasteiger partial charge in [0.15, 0.2) is 0 Å². The molecule has 1 aromatic rings. The molecule has 152 valence electrons. The molecule has 3 nitrogen and oxygen atoms in total. The molecule has 28 heavy (non-hydrogen) atoms. The van der Waals surface area contributed by atoms with Gasteiger partial charge in [-0.05, 0) is 79.7 Å². The maximum absolute atomic E-state index is 12.9. The van der Waals surface area contributed by atoms with Gasteiger partial charge in [-0.1, -0.05) is 25.8 Å². The minimum atomic E-state index is 0.0536. The van der Waals surface area contributed by atoms with E-state index < -0.39 is 0 Å². The minimum Gasteiger partial charge on any atom is -0.497 e. The average Bonchev–Trinajstić information content (AvgIpc) is 2.65. The van der Waals surface area contributed by atoms with Crippen molar-refractivity contribution >= 4 is 5.78 Å². The van der Waals surface area contributed by atoms with Gasteiger partial charge < -0.3 is 4.74 Å². The van der Waals surface area contributed by atoms with E-state index in [0.717, 1.165) is 37.4 Å². The molecule has 1 heterocycles. The first-order chi connectivity index (χ1) is 13.6. The number of likely N-dealkylation sites (tertiary alicyclic amines) is 1. The summed E-state index contributed by atoms with van der Waals surface area (Å²) in [5, 5.41) is 0. The molecular formula is C25H35NO2. The molecule has 1 aromatic carbocycles. The van der Waals surface area contributed by atoms with Gasteiger partial charge in [0, 0.05) is 30.8 Å². The second-order valence-corrected chi connectivity index (χ2v) is 9.99. The van der Waals surface area contributed by atoms with Crippen molar-refractivity contribution in [2.75, 3.05) is 20.2 Å². The van der Waals surface area contributed by atoms with Gasteiger partial charge in [-0.3, -0.25) is 9.69 Å². The summed E-state index contributed by atoms with van der Waals surface area (Å²) in [6.07, 6.45) is 10.5. The summed E-state index contributed by atoms with van der Waals surface area (Å²) < 4.78 is 5.60. The standard InChI is InChI=1S/C25H35NO2/c1-3-5-19-12-20(27)15-25-10-11-26(16-17-6-4-7-17)23(24(19)25)13-18-8-9-21(28-2)14-22(18)25/h8-9,14,17,19,23-24H,3-7,10-13,15-16H2,1-2H3/t19-,23+,24-,25+/m0/s1. The van der Waals surface area contributed by atoms with Gasteiger partial charge in [0.2, 0.25) is 0 Å². The third kappa shape index (κ3) is 2.84.